The van der Waals surface area contributed by atoms with E-state index in [1.165, 1.54) is 4.90 Å². The zero-order valence-corrected chi connectivity index (χ0v) is 13.5. The molecule has 0 aromatic carbocycles. The van der Waals surface area contributed by atoms with Crippen LogP contribution in [0.2, 0.25) is 0 Å². The molecule has 2 N–H and O–H groups in total. The van der Waals surface area contributed by atoms with Gasteiger partial charge in [-0.15, -0.1) is 0 Å². The minimum Gasteiger partial charge on any atom is -0.480 e. The van der Waals surface area contributed by atoms with E-state index in [0.717, 1.165) is 32.5 Å². The highest BCUT2D eigenvalue weighted by Gasteiger charge is 2.34. The van der Waals surface area contributed by atoms with Crippen molar-refractivity contribution in [3.8, 4) is 0 Å². The Bertz CT molecular complexity index is 345. The monoisotopic (exact) mass is 299 g/mol. The van der Waals surface area contributed by atoms with Gasteiger partial charge in [-0.3, -0.25) is 0 Å². The third-order valence-electron chi connectivity index (χ3n) is 4.23. The molecule has 1 saturated heterocycles. The highest BCUT2D eigenvalue weighted by atomic mass is 16.4. The maximum absolute atomic E-state index is 12.1. The largest absolute Gasteiger partial charge is 0.480 e. The molecule has 2 amide bonds. The van der Waals surface area contributed by atoms with Gasteiger partial charge in [0.1, 0.15) is 6.04 Å². The topological polar surface area (TPSA) is 72.9 Å². The first-order valence-electron chi connectivity index (χ1n) is 7.99. The molecule has 0 bridgehead atoms. The van der Waals surface area contributed by atoms with Gasteiger partial charge in [-0.05, 0) is 44.8 Å². The number of nitrogens with zero attached hydrogens (tertiary/aromatic N) is 2. The molecule has 2 atom stereocenters. The molecule has 0 aromatic heterocycles. The van der Waals surface area contributed by atoms with E-state index in [-0.39, 0.29) is 6.03 Å². The molecule has 0 spiro atoms. The lowest BCUT2D eigenvalue weighted by Gasteiger charge is -2.35. The van der Waals surface area contributed by atoms with Crippen LogP contribution >= 0.6 is 0 Å². The van der Waals surface area contributed by atoms with Crippen molar-refractivity contribution >= 4 is 12.0 Å². The average Bonchev–Trinajstić information content (AvgIpc) is 2.47. The third kappa shape index (κ3) is 5.53. The Kier molecular flexibility index (Phi) is 7.50. The second kappa shape index (κ2) is 8.87. The molecule has 1 heterocycles. The summed E-state index contributed by atoms with van der Waals surface area (Å²) in [6, 6.07) is -0.926. The first-order valence-corrected chi connectivity index (χ1v) is 7.99. The lowest BCUT2D eigenvalue weighted by molar-refractivity contribution is -0.143. The lowest BCUT2D eigenvalue weighted by atomic mass is 9.93. The second-order valence-electron chi connectivity index (χ2n) is 5.79. The number of hydrogen-bond donors (Lipinski definition) is 2. The summed E-state index contributed by atoms with van der Waals surface area (Å²) in [7, 11) is 0. The van der Waals surface area contributed by atoms with E-state index >= 15 is 0 Å². The Morgan fingerprint density at radius 2 is 2.00 bits per heavy atom. The first kappa shape index (κ1) is 17.8. The molecule has 1 aliphatic rings. The fourth-order valence-corrected chi connectivity index (χ4v) is 2.76. The number of nitrogens with one attached hydrogen (secondary N) is 1. The van der Waals surface area contributed by atoms with Crippen LogP contribution in [0.4, 0.5) is 4.79 Å². The fraction of sp³-hybridized carbons (Fsp3) is 0.867. The molecule has 21 heavy (non-hydrogen) atoms. The van der Waals surface area contributed by atoms with Crippen LogP contribution < -0.4 is 5.32 Å². The predicted octanol–water partition coefficient (Wildman–Crippen LogP) is 1.61. The third-order valence-corrected chi connectivity index (χ3v) is 4.23. The minimum atomic E-state index is -0.903. The summed E-state index contributed by atoms with van der Waals surface area (Å²) < 4.78 is 0. The van der Waals surface area contributed by atoms with Crippen molar-refractivity contribution < 1.29 is 14.7 Å². The molecular formula is C15H29N3O3. The van der Waals surface area contributed by atoms with E-state index in [4.69, 9.17) is 0 Å². The number of urea groups is 1. The average molecular weight is 299 g/mol. The van der Waals surface area contributed by atoms with Crippen molar-refractivity contribution in [2.24, 2.45) is 5.92 Å². The molecule has 1 fully saturated rings. The van der Waals surface area contributed by atoms with E-state index in [1.807, 2.05) is 6.92 Å². The molecule has 6 nitrogen and oxygen atoms in total. The predicted molar refractivity (Wildman–Crippen MR) is 82.3 cm³/mol. The number of carboxylic acid groups (broad SMARTS) is 1. The van der Waals surface area contributed by atoms with Crippen LogP contribution in [0.5, 0.6) is 0 Å². The van der Waals surface area contributed by atoms with Gasteiger partial charge in [-0.1, -0.05) is 20.8 Å². The summed E-state index contributed by atoms with van der Waals surface area (Å²) in [6.07, 6.45) is 2.30. The van der Waals surface area contributed by atoms with Crippen LogP contribution in [0.1, 0.15) is 40.0 Å². The zero-order chi connectivity index (χ0) is 15.8. The lowest BCUT2D eigenvalue weighted by Crippen LogP contribution is -2.53. The summed E-state index contributed by atoms with van der Waals surface area (Å²) >= 11 is 0. The molecule has 0 aromatic rings. The highest BCUT2D eigenvalue weighted by molar-refractivity contribution is 5.82. The van der Waals surface area contributed by atoms with Gasteiger partial charge < -0.3 is 20.2 Å². The van der Waals surface area contributed by atoms with Crippen LogP contribution in [-0.4, -0.2) is 65.7 Å². The number of carbonyl (C=O) groups is 2. The Morgan fingerprint density at radius 3 is 2.57 bits per heavy atom. The fourth-order valence-electron chi connectivity index (χ4n) is 2.76. The van der Waals surface area contributed by atoms with Gasteiger partial charge in [0.25, 0.3) is 0 Å². The Morgan fingerprint density at radius 1 is 1.33 bits per heavy atom. The maximum Gasteiger partial charge on any atom is 0.326 e. The number of hydrogen-bond acceptors (Lipinski definition) is 3. The van der Waals surface area contributed by atoms with E-state index in [9.17, 15) is 14.7 Å². The van der Waals surface area contributed by atoms with E-state index in [0.29, 0.717) is 25.4 Å². The number of carbonyl (C=O) groups excluding carboxylic acids is 1. The van der Waals surface area contributed by atoms with E-state index < -0.39 is 12.0 Å². The molecule has 0 saturated carbocycles. The quantitative estimate of drug-likeness (QED) is 0.701. The number of likely N-dealkylation sites (tertiary alicyclic amines) is 1. The molecule has 0 radical (unpaired) electrons. The van der Waals surface area contributed by atoms with Gasteiger partial charge in [0.05, 0.1) is 0 Å². The van der Waals surface area contributed by atoms with Crippen molar-refractivity contribution in [3.63, 3.8) is 0 Å². The second-order valence-corrected chi connectivity index (χ2v) is 5.79. The van der Waals surface area contributed by atoms with Gasteiger partial charge >= 0.3 is 12.0 Å². The van der Waals surface area contributed by atoms with Crippen LogP contribution in [-0.2, 0) is 4.79 Å². The smallest absolute Gasteiger partial charge is 0.326 e. The summed E-state index contributed by atoms with van der Waals surface area (Å²) in [5.74, 6) is -0.544. The van der Waals surface area contributed by atoms with Crippen LogP contribution in [0.3, 0.4) is 0 Å². The Hall–Kier alpha value is -1.30. The summed E-state index contributed by atoms with van der Waals surface area (Å²) in [4.78, 5) is 27.2. The van der Waals surface area contributed by atoms with E-state index in [2.05, 4.69) is 24.1 Å². The van der Waals surface area contributed by atoms with Gasteiger partial charge in [0, 0.05) is 13.1 Å². The van der Waals surface area contributed by atoms with Crippen molar-refractivity contribution in [2.75, 3.05) is 32.7 Å². The molecule has 2 unspecified atom stereocenters. The van der Waals surface area contributed by atoms with Crippen molar-refractivity contribution in [1.82, 2.24) is 15.1 Å². The van der Waals surface area contributed by atoms with E-state index in [1.54, 1.807) is 0 Å². The Labute approximate surface area is 127 Å². The molecular weight excluding hydrogens is 270 g/mol. The standard InChI is InChI=1S/C15H29N3O3/c1-4-17(5-2)9-6-8-16-15(21)18-10-7-12(3)11-13(18)14(19)20/h12-13H,4-11H2,1-3H3,(H,16,21)(H,19,20). The number of amides is 2. The number of carboxylic acids is 1. The summed E-state index contributed by atoms with van der Waals surface area (Å²) in [6.45, 7) is 10.4. The maximum atomic E-state index is 12.1. The highest BCUT2D eigenvalue weighted by Crippen LogP contribution is 2.22. The van der Waals surface area contributed by atoms with Gasteiger partial charge in [0.15, 0.2) is 0 Å². The van der Waals surface area contributed by atoms with Gasteiger partial charge in [-0.2, -0.15) is 0 Å². The molecule has 6 heteroatoms. The number of aliphatic carboxylic acids is 1. The molecule has 0 aliphatic carbocycles. The zero-order valence-electron chi connectivity index (χ0n) is 13.5. The normalized spacial score (nSPS) is 22.4. The Balaban J connectivity index is 2.38. The number of piperidine rings is 1. The minimum absolute atomic E-state index is 0.242. The SMILES string of the molecule is CCN(CC)CCCNC(=O)N1CCC(C)CC1C(=O)O. The van der Waals surface area contributed by atoms with Crippen LogP contribution in [0.15, 0.2) is 0 Å². The molecule has 1 aliphatic heterocycles. The number of rotatable bonds is 7. The molecule has 1 rings (SSSR count). The van der Waals surface area contributed by atoms with Crippen molar-refractivity contribution in [2.45, 2.75) is 46.1 Å². The first-order chi connectivity index (χ1) is 9.99. The summed E-state index contributed by atoms with van der Waals surface area (Å²) in [5, 5.41) is 12.1. The molecule has 122 valence electrons. The van der Waals surface area contributed by atoms with Gasteiger partial charge in [-0.25, -0.2) is 9.59 Å². The summed E-state index contributed by atoms with van der Waals surface area (Å²) in [5.41, 5.74) is 0. The van der Waals surface area contributed by atoms with Crippen LogP contribution in [0.25, 0.3) is 0 Å². The van der Waals surface area contributed by atoms with Gasteiger partial charge in [0.2, 0.25) is 0 Å². The van der Waals surface area contributed by atoms with Crippen LogP contribution in [0, 0.1) is 5.92 Å². The van der Waals surface area contributed by atoms with Crippen molar-refractivity contribution in [1.29, 1.82) is 0 Å². The van der Waals surface area contributed by atoms with Crippen molar-refractivity contribution in [3.05, 3.63) is 0 Å².